The van der Waals surface area contributed by atoms with E-state index in [-0.39, 0.29) is 0 Å². The highest BCUT2D eigenvalue weighted by atomic mass is 15.2. The van der Waals surface area contributed by atoms with Gasteiger partial charge in [0.1, 0.15) is 0 Å². The molecule has 0 spiro atoms. The van der Waals surface area contributed by atoms with Crippen LogP contribution in [-0.4, -0.2) is 6.71 Å². The monoisotopic (exact) mass is 331 g/mol. The Morgan fingerprint density at radius 3 is 2.35 bits per heavy atom. The van der Waals surface area contributed by atoms with Gasteiger partial charge in [0.2, 0.25) is 6.71 Å². The summed E-state index contributed by atoms with van der Waals surface area (Å²) in [6, 6.07) is 24.6. The number of hydrogen-bond donors (Lipinski definition) is 0. The summed E-state index contributed by atoms with van der Waals surface area (Å²) in [6.45, 7) is 0.345. The van der Waals surface area contributed by atoms with E-state index in [4.69, 9.17) is 0 Å². The van der Waals surface area contributed by atoms with Gasteiger partial charge in [0.25, 0.3) is 0 Å². The van der Waals surface area contributed by atoms with Crippen LogP contribution >= 0.6 is 0 Å². The maximum absolute atomic E-state index is 2.46. The van der Waals surface area contributed by atoms with Crippen LogP contribution < -0.4 is 21.3 Å². The summed E-state index contributed by atoms with van der Waals surface area (Å²) in [6.07, 6.45) is 9.20. The van der Waals surface area contributed by atoms with Crippen LogP contribution in [0.3, 0.4) is 0 Å². The first-order chi connectivity index (χ1) is 12.9. The quantitative estimate of drug-likeness (QED) is 0.479. The molecular formula is C24H18BN. The molecule has 3 aromatic rings. The Bertz CT molecular complexity index is 1110. The Kier molecular flexibility index (Phi) is 2.87. The van der Waals surface area contributed by atoms with Gasteiger partial charge in [-0.25, -0.2) is 0 Å². The highest BCUT2D eigenvalue weighted by molar-refractivity contribution is 7.01. The van der Waals surface area contributed by atoms with Gasteiger partial charge in [-0.05, 0) is 53.1 Å². The van der Waals surface area contributed by atoms with Gasteiger partial charge >= 0.3 is 0 Å². The van der Waals surface area contributed by atoms with Gasteiger partial charge in [-0.15, -0.1) is 0 Å². The third-order valence-corrected chi connectivity index (χ3v) is 5.90. The zero-order valence-corrected chi connectivity index (χ0v) is 14.5. The zero-order valence-electron chi connectivity index (χ0n) is 14.5. The van der Waals surface area contributed by atoms with Crippen LogP contribution in [0, 0.1) is 0 Å². The number of fused-ring (bicyclic) bond motifs is 5. The van der Waals surface area contributed by atoms with Gasteiger partial charge in [-0.2, -0.15) is 0 Å². The predicted octanol–water partition coefficient (Wildman–Crippen LogP) is 3.87. The van der Waals surface area contributed by atoms with Crippen molar-refractivity contribution >= 4 is 34.5 Å². The second-order valence-corrected chi connectivity index (χ2v) is 7.26. The molecule has 0 saturated heterocycles. The Balaban J connectivity index is 1.70. The van der Waals surface area contributed by atoms with Crippen molar-refractivity contribution < 1.29 is 0 Å². The SMILES string of the molecule is C1=CC(N2c3ccccc3B3c4ccccc4-c4cccc2c43)=CCC1. The first kappa shape index (κ1) is 14.2. The minimum atomic E-state index is 0.345. The minimum absolute atomic E-state index is 0.345. The molecule has 0 amide bonds. The topological polar surface area (TPSA) is 3.24 Å². The van der Waals surface area contributed by atoms with E-state index in [2.05, 4.69) is 89.9 Å². The molecule has 3 aromatic carbocycles. The van der Waals surface area contributed by atoms with Gasteiger partial charge in [0.05, 0.1) is 0 Å². The molecule has 26 heavy (non-hydrogen) atoms. The molecule has 2 heterocycles. The summed E-state index contributed by atoms with van der Waals surface area (Å²) in [5, 5.41) is 0. The fraction of sp³-hybridized carbons (Fsp3) is 0.0833. The second-order valence-electron chi connectivity index (χ2n) is 7.26. The zero-order chi connectivity index (χ0) is 17.1. The van der Waals surface area contributed by atoms with E-state index in [1.807, 2.05) is 0 Å². The van der Waals surface area contributed by atoms with Crippen molar-refractivity contribution in [2.24, 2.45) is 0 Å². The lowest BCUT2D eigenvalue weighted by molar-refractivity contribution is 0.998. The highest BCUT2D eigenvalue weighted by Gasteiger charge is 2.41. The molecule has 0 N–H and O–H groups in total. The number of rotatable bonds is 1. The highest BCUT2D eigenvalue weighted by Crippen LogP contribution is 2.38. The van der Waals surface area contributed by atoms with E-state index >= 15 is 0 Å². The lowest BCUT2D eigenvalue weighted by atomic mass is 9.37. The normalized spacial score (nSPS) is 16.1. The van der Waals surface area contributed by atoms with E-state index in [0.29, 0.717) is 6.71 Å². The van der Waals surface area contributed by atoms with Gasteiger partial charge in [0.15, 0.2) is 0 Å². The summed E-state index contributed by atoms with van der Waals surface area (Å²) < 4.78 is 0. The largest absolute Gasteiger partial charge is 0.312 e. The standard InChI is InChI=1S/C24H18BN/c1-2-9-17(10-3-1)26-22-15-7-6-14-21(22)25-20-13-5-4-11-18(20)19-12-8-16-23(26)24(19)25/h2,4-16H,1,3H2. The first-order valence-electron chi connectivity index (χ1n) is 9.41. The average Bonchev–Trinajstić information content (AvgIpc) is 3.05. The van der Waals surface area contributed by atoms with E-state index in [0.717, 1.165) is 12.8 Å². The molecule has 0 unspecified atom stereocenters. The molecule has 2 aliphatic heterocycles. The molecule has 3 aliphatic rings. The van der Waals surface area contributed by atoms with Crippen LogP contribution in [0.25, 0.3) is 11.1 Å². The lowest BCUT2D eigenvalue weighted by Crippen LogP contribution is -2.55. The lowest BCUT2D eigenvalue weighted by Gasteiger charge is -2.36. The first-order valence-corrected chi connectivity index (χ1v) is 9.41. The fourth-order valence-corrected chi connectivity index (χ4v) is 4.87. The summed E-state index contributed by atoms with van der Waals surface area (Å²) >= 11 is 0. The van der Waals surface area contributed by atoms with Crippen molar-refractivity contribution in [1.29, 1.82) is 0 Å². The number of hydrogen-bond acceptors (Lipinski definition) is 1. The maximum atomic E-state index is 2.46. The van der Waals surface area contributed by atoms with Gasteiger partial charge in [-0.1, -0.05) is 72.2 Å². The summed E-state index contributed by atoms with van der Waals surface area (Å²) in [5.41, 5.74) is 11.0. The van der Waals surface area contributed by atoms with E-state index < -0.39 is 0 Å². The molecule has 0 atom stereocenters. The van der Waals surface area contributed by atoms with Crippen molar-refractivity contribution in [3.05, 3.63) is 90.7 Å². The molecule has 0 aromatic heterocycles. The molecule has 0 bridgehead atoms. The van der Waals surface area contributed by atoms with Crippen LogP contribution in [0.4, 0.5) is 11.4 Å². The molecule has 1 nitrogen and oxygen atoms in total. The number of anilines is 2. The smallest absolute Gasteiger partial charge is 0.248 e. The molecular weight excluding hydrogens is 313 g/mol. The number of allylic oxidation sites excluding steroid dienone is 3. The molecule has 2 heteroatoms. The number of nitrogens with zero attached hydrogens (tertiary/aromatic N) is 1. The fourth-order valence-electron chi connectivity index (χ4n) is 4.87. The molecule has 122 valence electrons. The van der Waals surface area contributed by atoms with Crippen molar-refractivity contribution in [2.45, 2.75) is 12.8 Å². The Hall–Kier alpha value is -3.00. The number of para-hydroxylation sites is 1. The van der Waals surface area contributed by atoms with E-state index in [1.54, 1.807) is 0 Å². The average molecular weight is 331 g/mol. The van der Waals surface area contributed by atoms with Gasteiger partial charge in [0, 0.05) is 17.1 Å². The van der Waals surface area contributed by atoms with Crippen molar-refractivity contribution in [3.8, 4) is 11.1 Å². The van der Waals surface area contributed by atoms with Crippen molar-refractivity contribution in [2.75, 3.05) is 4.90 Å². The Morgan fingerprint density at radius 1 is 0.692 bits per heavy atom. The van der Waals surface area contributed by atoms with Gasteiger partial charge in [-0.3, -0.25) is 0 Å². The Morgan fingerprint density at radius 2 is 1.46 bits per heavy atom. The summed E-state index contributed by atoms with van der Waals surface area (Å²) in [5.74, 6) is 0. The molecule has 6 rings (SSSR count). The van der Waals surface area contributed by atoms with Crippen LogP contribution in [0.2, 0.25) is 0 Å². The van der Waals surface area contributed by atoms with Gasteiger partial charge < -0.3 is 4.90 Å². The number of benzene rings is 3. The maximum Gasteiger partial charge on any atom is 0.248 e. The minimum Gasteiger partial charge on any atom is -0.312 e. The summed E-state index contributed by atoms with van der Waals surface area (Å²) in [4.78, 5) is 2.46. The van der Waals surface area contributed by atoms with Crippen LogP contribution in [0.5, 0.6) is 0 Å². The Labute approximate surface area is 154 Å². The third-order valence-electron chi connectivity index (χ3n) is 5.90. The molecule has 0 radical (unpaired) electrons. The van der Waals surface area contributed by atoms with Crippen molar-refractivity contribution in [3.63, 3.8) is 0 Å². The van der Waals surface area contributed by atoms with Crippen LogP contribution in [-0.2, 0) is 0 Å². The molecule has 1 aliphatic carbocycles. The summed E-state index contributed by atoms with van der Waals surface area (Å²) in [7, 11) is 0. The third kappa shape index (κ3) is 1.77. The van der Waals surface area contributed by atoms with Crippen LogP contribution in [0.15, 0.2) is 90.7 Å². The van der Waals surface area contributed by atoms with E-state index in [9.17, 15) is 0 Å². The predicted molar refractivity (Wildman–Crippen MR) is 112 cm³/mol. The molecule has 0 saturated carbocycles. The second kappa shape index (κ2) is 5.25. The van der Waals surface area contributed by atoms with E-state index in [1.165, 1.54) is 44.6 Å². The molecule has 0 fully saturated rings. The van der Waals surface area contributed by atoms with Crippen molar-refractivity contribution in [1.82, 2.24) is 0 Å². The van der Waals surface area contributed by atoms with Crippen LogP contribution in [0.1, 0.15) is 12.8 Å².